The summed E-state index contributed by atoms with van der Waals surface area (Å²) in [6.07, 6.45) is 0. The summed E-state index contributed by atoms with van der Waals surface area (Å²) >= 11 is 0. The number of hydrogen-bond donors (Lipinski definition) is 3. The smallest absolute Gasteiger partial charge is 0 e. The van der Waals surface area contributed by atoms with Gasteiger partial charge in [-0.05, 0) is 0 Å². The van der Waals surface area contributed by atoms with E-state index in [1.54, 1.807) is 0 Å². The van der Waals surface area contributed by atoms with Crippen molar-refractivity contribution in [3.8, 4) is 0 Å². The van der Waals surface area contributed by atoms with Gasteiger partial charge in [-0.1, -0.05) is 0 Å². The first-order chi connectivity index (χ1) is 2.00. The zero-order valence-electron chi connectivity index (χ0n) is 2.77. The quantitative estimate of drug-likeness (QED) is 0.450. The predicted octanol–water partition coefficient (Wildman–Crippen LogP) is -1.58. The van der Waals surface area contributed by atoms with Crippen LogP contribution in [0.25, 0.3) is 0 Å². The number of hydrogen-bond acceptors (Lipinski definition) is 1. The van der Waals surface area contributed by atoms with Gasteiger partial charge < -0.3 is 14.7 Å². The molecule has 0 amide bonds. The molecule has 1 radical (unpaired) electrons. The van der Waals surface area contributed by atoms with E-state index >= 15 is 0 Å². The standard InChI is InChI=1S/Cs.La.H3O4P.H/c;;1-5(2,3)4;/h;;(H3,1,2,3,4);. The Morgan fingerprint density at radius 1 is 1.14 bits per heavy atom. The first-order valence-electron chi connectivity index (χ1n) is 0.783. The maximum atomic E-state index is 8.88. The van der Waals surface area contributed by atoms with E-state index in [9.17, 15) is 0 Å². The molecule has 0 bridgehead atoms. The van der Waals surface area contributed by atoms with Crippen molar-refractivity contribution in [2.24, 2.45) is 0 Å². The van der Waals surface area contributed by atoms with Gasteiger partial charge in [0.2, 0.25) is 0 Å². The first-order valence-corrected chi connectivity index (χ1v) is 2.35. The van der Waals surface area contributed by atoms with Gasteiger partial charge >= 0.3 is 76.7 Å². The molecule has 4 nitrogen and oxygen atoms in total. The average molecular weight is 371 g/mol. The minimum atomic E-state index is -4.64. The monoisotopic (exact) mass is 371 g/mol. The summed E-state index contributed by atoms with van der Waals surface area (Å²) in [5.41, 5.74) is 0. The van der Waals surface area contributed by atoms with Crippen LogP contribution in [0.15, 0.2) is 0 Å². The van der Waals surface area contributed by atoms with Crippen molar-refractivity contribution in [1.29, 1.82) is 0 Å². The second-order valence-corrected chi connectivity index (χ2v) is 1.54. The maximum Gasteiger partial charge on any atom is 0 e. The zero-order chi connectivity index (χ0) is 4.50. The van der Waals surface area contributed by atoms with E-state index in [0.717, 1.165) is 0 Å². The fourth-order valence-corrected chi connectivity index (χ4v) is 0. The summed E-state index contributed by atoms with van der Waals surface area (Å²) in [5.74, 6) is 0. The molecule has 0 saturated heterocycles. The van der Waals surface area contributed by atoms with Crippen molar-refractivity contribution in [2.45, 2.75) is 0 Å². The van der Waals surface area contributed by atoms with Gasteiger partial charge in [-0.15, -0.1) is 0 Å². The third-order valence-electron chi connectivity index (χ3n) is 0. The summed E-state index contributed by atoms with van der Waals surface area (Å²) in [7, 11) is -4.64. The molecule has 0 fully saturated rings. The van der Waals surface area contributed by atoms with Crippen LogP contribution in [-0.2, 0) is 4.57 Å². The fraction of sp³-hybridized carbons (Fsp3) is 0. The van der Waals surface area contributed by atoms with Crippen molar-refractivity contribution in [3.05, 3.63) is 0 Å². The van der Waals surface area contributed by atoms with E-state index in [4.69, 9.17) is 19.2 Å². The van der Waals surface area contributed by atoms with Crippen LogP contribution in [0.3, 0.4) is 0 Å². The van der Waals surface area contributed by atoms with Gasteiger partial charge in [0.1, 0.15) is 0 Å². The molecular formula is H4CsLaO4P. The Kier molecular flexibility index (Phi) is 17.9. The van der Waals surface area contributed by atoms with E-state index in [1.807, 2.05) is 0 Å². The third-order valence-corrected chi connectivity index (χ3v) is 0. The van der Waals surface area contributed by atoms with Crippen LogP contribution < -0.4 is 0 Å². The van der Waals surface area contributed by atoms with Crippen molar-refractivity contribution in [1.82, 2.24) is 0 Å². The minimum Gasteiger partial charge on any atom is 0 e. The molecule has 37 valence electrons. The van der Waals surface area contributed by atoms with Gasteiger partial charge in [0.15, 0.2) is 0 Å². The van der Waals surface area contributed by atoms with Crippen molar-refractivity contribution in [3.63, 3.8) is 0 Å². The molecule has 0 spiro atoms. The van der Waals surface area contributed by atoms with E-state index in [2.05, 4.69) is 0 Å². The average Bonchev–Trinajstić information content (AvgIpc) is 0.722. The molecule has 0 rings (SSSR count). The molecule has 0 aromatic rings. The first kappa shape index (κ1) is 16.8. The molecule has 0 unspecified atom stereocenters. The van der Waals surface area contributed by atoms with Gasteiger partial charge in [0.05, 0.1) is 0 Å². The topological polar surface area (TPSA) is 77.8 Å². The second kappa shape index (κ2) is 7.46. The van der Waals surface area contributed by atoms with Crippen LogP contribution in [0.5, 0.6) is 0 Å². The molecule has 0 aromatic carbocycles. The summed E-state index contributed by atoms with van der Waals surface area (Å²) in [6.45, 7) is 0. The van der Waals surface area contributed by atoms with E-state index in [1.165, 1.54) is 0 Å². The molecular weight excluding hydrogens is 367 g/mol. The van der Waals surface area contributed by atoms with Crippen LogP contribution in [0, 0.1) is 35.6 Å². The molecule has 0 aliphatic carbocycles. The van der Waals surface area contributed by atoms with E-state index in [0.29, 0.717) is 0 Å². The molecule has 0 saturated carbocycles. The molecule has 0 aromatic heterocycles. The Morgan fingerprint density at radius 2 is 1.14 bits per heavy atom. The molecule has 7 heavy (non-hydrogen) atoms. The third kappa shape index (κ3) is 44.9. The van der Waals surface area contributed by atoms with Crippen molar-refractivity contribution in [2.75, 3.05) is 0 Å². The second-order valence-electron chi connectivity index (χ2n) is 0.513. The van der Waals surface area contributed by atoms with Crippen molar-refractivity contribution < 1.29 is 54.8 Å². The fourth-order valence-electron chi connectivity index (χ4n) is 0. The van der Waals surface area contributed by atoms with E-state index < -0.39 is 7.82 Å². The van der Waals surface area contributed by atoms with Crippen LogP contribution in [-0.4, -0.2) is 83.6 Å². The number of phosphoric acid groups is 1. The summed E-state index contributed by atoms with van der Waals surface area (Å²) in [4.78, 5) is 21.6. The van der Waals surface area contributed by atoms with Crippen LogP contribution in [0.4, 0.5) is 0 Å². The Labute approximate surface area is 128 Å². The van der Waals surface area contributed by atoms with Gasteiger partial charge in [-0.25, -0.2) is 4.57 Å². The molecule has 0 atom stereocenters. The largest absolute Gasteiger partial charge is 0 e. The maximum absolute atomic E-state index is 8.88. The van der Waals surface area contributed by atoms with E-state index in [-0.39, 0.29) is 104 Å². The number of rotatable bonds is 0. The minimum absolute atomic E-state index is 0. The molecule has 0 heterocycles. The summed E-state index contributed by atoms with van der Waals surface area (Å²) < 4.78 is 8.88. The Hall–Kier alpha value is 3.36. The Balaban J connectivity index is -0.0000000800. The molecule has 7 heteroatoms. The van der Waals surface area contributed by atoms with Crippen LogP contribution in [0.1, 0.15) is 0 Å². The zero-order valence-corrected chi connectivity index (χ0v) is 7.29. The van der Waals surface area contributed by atoms with Gasteiger partial charge in [0.25, 0.3) is 0 Å². The summed E-state index contributed by atoms with van der Waals surface area (Å²) in [5, 5.41) is 0. The molecule has 0 aliphatic heterocycles. The van der Waals surface area contributed by atoms with Gasteiger partial charge in [0, 0.05) is 35.6 Å². The summed E-state index contributed by atoms with van der Waals surface area (Å²) in [6, 6.07) is 0. The molecule has 3 N–H and O–H groups in total. The SMILES string of the molecule is O=P(O)(O)O.[CsH].[La]. The van der Waals surface area contributed by atoms with Crippen LogP contribution in [0.2, 0.25) is 0 Å². The van der Waals surface area contributed by atoms with Crippen molar-refractivity contribution >= 4 is 76.7 Å². The Bertz CT molecular complexity index is 57.8. The Morgan fingerprint density at radius 3 is 1.14 bits per heavy atom. The molecule has 0 aliphatic rings. The predicted molar refractivity (Wildman–Crippen MR) is 21.4 cm³/mol. The van der Waals surface area contributed by atoms with Gasteiger partial charge in [-0.3, -0.25) is 0 Å². The van der Waals surface area contributed by atoms with Crippen LogP contribution >= 0.6 is 7.82 Å². The van der Waals surface area contributed by atoms with Gasteiger partial charge in [-0.2, -0.15) is 0 Å². The normalized spacial score (nSPS) is 8.43.